The molecule has 3 amide bonds. The molecule has 1 saturated heterocycles. The van der Waals surface area contributed by atoms with Crippen molar-refractivity contribution in [1.29, 1.82) is 0 Å². The maximum absolute atomic E-state index is 12.0. The van der Waals surface area contributed by atoms with Crippen molar-refractivity contribution in [1.82, 2.24) is 5.32 Å². The van der Waals surface area contributed by atoms with E-state index < -0.39 is 11.8 Å². The van der Waals surface area contributed by atoms with Gasteiger partial charge in [0.15, 0.2) is 10.4 Å². The van der Waals surface area contributed by atoms with Crippen molar-refractivity contribution in [3.8, 4) is 0 Å². The van der Waals surface area contributed by atoms with Gasteiger partial charge in [0.05, 0.1) is 17.3 Å². The number of carbonyl (C=O) groups is 3. The highest BCUT2D eigenvalue weighted by atomic mass is 79.9. The van der Waals surface area contributed by atoms with Crippen LogP contribution in [-0.4, -0.2) is 30.8 Å². The van der Waals surface area contributed by atoms with Gasteiger partial charge in [0.1, 0.15) is 0 Å². The Balaban J connectivity index is 1.56. The van der Waals surface area contributed by atoms with Crippen LogP contribution in [0.3, 0.4) is 0 Å². The summed E-state index contributed by atoms with van der Waals surface area (Å²) in [5.41, 5.74) is 1.11. The first-order valence-electron chi connectivity index (χ1n) is 7.87. The van der Waals surface area contributed by atoms with Crippen molar-refractivity contribution >= 4 is 56.6 Å². The third kappa shape index (κ3) is 4.25. The first-order valence-corrected chi connectivity index (χ1v) is 9.04. The molecule has 1 aliphatic heterocycles. The van der Waals surface area contributed by atoms with Crippen molar-refractivity contribution < 1.29 is 18.8 Å². The molecule has 1 aliphatic rings. The highest BCUT2D eigenvalue weighted by Crippen LogP contribution is 2.31. The number of hydrogen-bond donors (Lipinski definition) is 2. The van der Waals surface area contributed by atoms with Gasteiger partial charge in [0.25, 0.3) is 5.91 Å². The van der Waals surface area contributed by atoms with E-state index in [1.54, 1.807) is 29.2 Å². The minimum Gasteiger partial charge on any atom is -0.444 e. The summed E-state index contributed by atoms with van der Waals surface area (Å²) in [6, 6.07) is 8.02. The first-order chi connectivity index (χ1) is 12.4. The lowest BCUT2D eigenvalue weighted by Gasteiger charge is -2.18. The van der Waals surface area contributed by atoms with Crippen LogP contribution in [0.1, 0.15) is 23.4 Å². The van der Waals surface area contributed by atoms with E-state index >= 15 is 0 Å². The van der Waals surface area contributed by atoms with Gasteiger partial charge >= 0.3 is 0 Å². The molecule has 0 aliphatic carbocycles. The van der Waals surface area contributed by atoms with Crippen LogP contribution in [0.15, 0.2) is 39.4 Å². The Morgan fingerprint density at radius 1 is 1.27 bits per heavy atom. The molecule has 2 heterocycles. The molecule has 9 heteroatoms. The van der Waals surface area contributed by atoms with Gasteiger partial charge < -0.3 is 20.0 Å². The number of benzene rings is 1. The molecule has 2 N–H and O–H groups in total. The average molecular weight is 441 g/mol. The lowest BCUT2D eigenvalue weighted by Crippen LogP contribution is -2.32. The van der Waals surface area contributed by atoms with Crippen LogP contribution in [0.25, 0.3) is 0 Å². The molecular weight excluding hydrogens is 426 g/mol. The van der Waals surface area contributed by atoms with Gasteiger partial charge in [-0.3, -0.25) is 14.4 Å². The molecule has 26 heavy (non-hydrogen) atoms. The molecule has 0 saturated carbocycles. The van der Waals surface area contributed by atoms with E-state index in [0.717, 1.165) is 6.42 Å². The van der Waals surface area contributed by atoms with E-state index in [0.29, 0.717) is 34.0 Å². The smallest absolute Gasteiger partial charge is 0.287 e. The number of halogens is 2. The van der Waals surface area contributed by atoms with Crippen molar-refractivity contribution in [2.45, 2.75) is 12.8 Å². The summed E-state index contributed by atoms with van der Waals surface area (Å²) in [6.45, 7) is 0.417. The van der Waals surface area contributed by atoms with Gasteiger partial charge in [-0.15, -0.1) is 0 Å². The Bertz CT molecular complexity index is 867. The molecule has 1 aromatic carbocycles. The molecule has 1 fully saturated rings. The number of nitrogens with zero attached hydrogens (tertiary/aromatic N) is 1. The number of nitrogens with one attached hydrogen (secondary N) is 2. The molecule has 3 rings (SSSR count). The summed E-state index contributed by atoms with van der Waals surface area (Å²) in [5, 5.41) is 5.48. The van der Waals surface area contributed by atoms with Crippen molar-refractivity contribution in [2.75, 3.05) is 23.3 Å². The van der Waals surface area contributed by atoms with Gasteiger partial charge in [0, 0.05) is 18.7 Å². The van der Waals surface area contributed by atoms with Crippen LogP contribution >= 0.6 is 27.5 Å². The Labute approximate surface area is 162 Å². The normalized spacial score (nSPS) is 13.8. The van der Waals surface area contributed by atoms with Crippen molar-refractivity contribution in [2.24, 2.45) is 0 Å². The summed E-state index contributed by atoms with van der Waals surface area (Å²) in [7, 11) is 0. The SMILES string of the molecule is O=C(CNC(=O)c1ccc(Br)o1)Nc1ccc(N2CCCC2=O)c(Cl)c1. The van der Waals surface area contributed by atoms with Gasteiger partial charge in [-0.25, -0.2) is 0 Å². The number of furan rings is 1. The molecule has 1 aromatic heterocycles. The predicted octanol–water partition coefficient (Wildman–Crippen LogP) is 3.19. The summed E-state index contributed by atoms with van der Waals surface area (Å²) >= 11 is 9.34. The molecule has 136 valence electrons. The lowest BCUT2D eigenvalue weighted by molar-refractivity contribution is -0.117. The minimum atomic E-state index is -0.494. The third-order valence-corrected chi connectivity index (χ3v) is 4.53. The number of anilines is 2. The highest BCUT2D eigenvalue weighted by molar-refractivity contribution is 9.10. The van der Waals surface area contributed by atoms with Crippen LogP contribution in [0, 0.1) is 0 Å². The second-order valence-corrected chi connectivity index (χ2v) is 6.84. The van der Waals surface area contributed by atoms with Crippen molar-refractivity contribution in [3.05, 3.63) is 45.8 Å². The number of rotatable bonds is 5. The van der Waals surface area contributed by atoms with E-state index in [1.807, 2.05) is 0 Å². The number of carbonyl (C=O) groups excluding carboxylic acids is 3. The summed E-state index contributed by atoms with van der Waals surface area (Å²) < 4.78 is 5.53. The molecule has 0 atom stereocenters. The summed E-state index contributed by atoms with van der Waals surface area (Å²) in [5.74, 6) is -0.764. The summed E-state index contributed by atoms with van der Waals surface area (Å²) in [6.07, 6.45) is 1.32. The fourth-order valence-electron chi connectivity index (χ4n) is 2.60. The maximum Gasteiger partial charge on any atom is 0.287 e. The molecule has 7 nitrogen and oxygen atoms in total. The van der Waals surface area contributed by atoms with Crippen molar-refractivity contribution in [3.63, 3.8) is 0 Å². The molecule has 2 aromatic rings. The van der Waals surface area contributed by atoms with Gasteiger partial charge in [0.2, 0.25) is 11.8 Å². The lowest BCUT2D eigenvalue weighted by atomic mass is 10.2. The zero-order valence-electron chi connectivity index (χ0n) is 13.6. The van der Waals surface area contributed by atoms with E-state index in [4.69, 9.17) is 16.0 Å². The van der Waals surface area contributed by atoms with Gasteiger partial charge in [-0.05, 0) is 52.7 Å². The number of hydrogen-bond acceptors (Lipinski definition) is 4. The molecule has 0 unspecified atom stereocenters. The summed E-state index contributed by atoms with van der Waals surface area (Å²) in [4.78, 5) is 37.3. The molecule has 0 spiro atoms. The second kappa shape index (κ2) is 7.92. The average Bonchev–Trinajstić information content (AvgIpc) is 3.21. The fraction of sp³-hybridized carbons (Fsp3) is 0.235. The van der Waals surface area contributed by atoms with Crippen LogP contribution in [-0.2, 0) is 9.59 Å². The van der Waals surface area contributed by atoms with E-state index in [-0.39, 0.29) is 18.2 Å². The minimum absolute atomic E-state index is 0.0379. The van der Waals surface area contributed by atoms with E-state index in [1.165, 1.54) is 6.07 Å². The Hall–Kier alpha value is -2.32. The Morgan fingerprint density at radius 3 is 2.69 bits per heavy atom. The van der Waals surface area contributed by atoms with Crippen LogP contribution < -0.4 is 15.5 Å². The zero-order valence-corrected chi connectivity index (χ0v) is 15.9. The van der Waals surface area contributed by atoms with Crippen LogP contribution in [0.2, 0.25) is 5.02 Å². The quantitative estimate of drug-likeness (QED) is 0.747. The molecule has 0 bridgehead atoms. The standard InChI is InChI=1S/C17H15BrClN3O4/c18-14-6-5-13(26-14)17(25)20-9-15(23)21-10-3-4-12(11(19)8-10)22-7-1-2-16(22)24/h3-6,8H,1-2,7,9H2,(H,20,25)(H,21,23). The Kier molecular flexibility index (Phi) is 5.63. The Morgan fingerprint density at radius 2 is 2.08 bits per heavy atom. The van der Waals surface area contributed by atoms with E-state index in [9.17, 15) is 14.4 Å². The van der Waals surface area contributed by atoms with Crippen LogP contribution in [0.5, 0.6) is 0 Å². The second-order valence-electron chi connectivity index (χ2n) is 5.65. The van der Waals surface area contributed by atoms with Gasteiger partial charge in [-0.1, -0.05) is 11.6 Å². The largest absolute Gasteiger partial charge is 0.444 e. The van der Waals surface area contributed by atoms with Crippen LogP contribution in [0.4, 0.5) is 11.4 Å². The maximum atomic E-state index is 12.0. The van der Waals surface area contributed by atoms with Gasteiger partial charge in [-0.2, -0.15) is 0 Å². The first kappa shape index (κ1) is 18.5. The zero-order chi connectivity index (χ0) is 18.7. The highest BCUT2D eigenvalue weighted by Gasteiger charge is 2.23. The number of amides is 3. The predicted molar refractivity (Wildman–Crippen MR) is 100 cm³/mol. The monoisotopic (exact) mass is 439 g/mol. The molecular formula is C17H15BrClN3O4. The van der Waals surface area contributed by atoms with E-state index in [2.05, 4.69) is 26.6 Å². The third-order valence-electron chi connectivity index (χ3n) is 3.80. The fourth-order valence-corrected chi connectivity index (χ4v) is 3.18. The topological polar surface area (TPSA) is 91.7 Å². The molecule has 0 radical (unpaired) electrons.